The van der Waals surface area contributed by atoms with Gasteiger partial charge in [0.15, 0.2) is 0 Å². The molecular weight excluding hydrogens is 401 g/mol. The first-order valence-corrected chi connectivity index (χ1v) is 9.80. The number of fused-ring (bicyclic) bond motifs is 2. The van der Waals surface area contributed by atoms with E-state index in [0.717, 1.165) is 16.5 Å². The Morgan fingerprint density at radius 2 is 2.00 bits per heavy atom. The van der Waals surface area contributed by atoms with E-state index in [-0.39, 0.29) is 28.5 Å². The number of benzene rings is 1. The molecule has 4 aromatic rings. The maximum Gasteiger partial charge on any atom is 0.329 e. The van der Waals surface area contributed by atoms with Crippen LogP contribution in [0, 0.1) is 12.7 Å². The number of aromatic nitrogens is 4. The SMILES string of the molecule is Cc1cc(C(=O)N[C@H](C)Cc2cn(C)c3ccc(F)cc23)c2c(=O)[nH]c(=O)n(C)c2n1. The second-order valence-electron chi connectivity index (χ2n) is 7.83. The van der Waals surface area contributed by atoms with Crippen molar-refractivity contribution in [3.63, 3.8) is 0 Å². The van der Waals surface area contributed by atoms with Crippen molar-refractivity contribution in [3.8, 4) is 0 Å². The standard InChI is InChI=1S/C22H22FN5O3/c1-11(7-13-10-27(3)17-6-5-14(23)9-15(13)17)25-20(29)16-8-12(2)24-19-18(16)21(30)26-22(31)28(19)4/h5-6,8-11H,7H2,1-4H3,(H,25,29)(H,26,30,31)/t11-/m1/s1. The van der Waals surface area contributed by atoms with Crippen molar-refractivity contribution in [1.82, 2.24) is 24.4 Å². The largest absolute Gasteiger partial charge is 0.350 e. The maximum atomic E-state index is 13.7. The molecule has 0 aliphatic carbocycles. The number of nitrogens with zero attached hydrogens (tertiary/aromatic N) is 3. The van der Waals surface area contributed by atoms with Crippen LogP contribution in [0.2, 0.25) is 0 Å². The molecule has 1 atom stereocenters. The van der Waals surface area contributed by atoms with Crippen LogP contribution < -0.4 is 16.6 Å². The third-order valence-electron chi connectivity index (χ3n) is 5.38. The molecule has 0 unspecified atom stereocenters. The van der Waals surface area contributed by atoms with E-state index in [9.17, 15) is 18.8 Å². The fourth-order valence-corrected chi connectivity index (χ4v) is 3.93. The quantitative estimate of drug-likeness (QED) is 0.524. The Morgan fingerprint density at radius 1 is 1.26 bits per heavy atom. The predicted molar refractivity (Wildman–Crippen MR) is 116 cm³/mol. The molecule has 0 bridgehead atoms. The van der Waals surface area contributed by atoms with E-state index < -0.39 is 17.2 Å². The summed E-state index contributed by atoms with van der Waals surface area (Å²) in [5.74, 6) is -0.765. The molecule has 9 heteroatoms. The lowest BCUT2D eigenvalue weighted by molar-refractivity contribution is 0.0941. The summed E-state index contributed by atoms with van der Waals surface area (Å²) in [7, 11) is 3.37. The molecule has 3 heterocycles. The van der Waals surface area contributed by atoms with Gasteiger partial charge in [0.1, 0.15) is 11.5 Å². The summed E-state index contributed by atoms with van der Waals surface area (Å²) in [6.45, 7) is 3.53. The Hall–Kier alpha value is -3.75. The molecule has 2 N–H and O–H groups in total. The monoisotopic (exact) mass is 423 g/mol. The van der Waals surface area contributed by atoms with Gasteiger partial charge in [-0.25, -0.2) is 14.2 Å². The van der Waals surface area contributed by atoms with Crippen LogP contribution >= 0.6 is 0 Å². The van der Waals surface area contributed by atoms with Gasteiger partial charge >= 0.3 is 5.69 Å². The molecule has 3 aromatic heterocycles. The van der Waals surface area contributed by atoms with Crippen LogP contribution in [0.3, 0.4) is 0 Å². The topological polar surface area (TPSA) is 102 Å². The minimum atomic E-state index is -0.659. The first kappa shape index (κ1) is 20.5. The smallest absolute Gasteiger partial charge is 0.329 e. The average Bonchev–Trinajstić information content (AvgIpc) is 2.99. The summed E-state index contributed by atoms with van der Waals surface area (Å²) in [4.78, 5) is 43.8. The van der Waals surface area contributed by atoms with Crippen molar-refractivity contribution in [2.24, 2.45) is 14.1 Å². The highest BCUT2D eigenvalue weighted by Crippen LogP contribution is 2.23. The molecular formula is C22H22FN5O3. The van der Waals surface area contributed by atoms with E-state index in [1.165, 1.54) is 29.8 Å². The van der Waals surface area contributed by atoms with Crippen molar-refractivity contribution in [1.29, 1.82) is 0 Å². The molecule has 0 aliphatic rings. The number of halogens is 1. The van der Waals surface area contributed by atoms with Crippen LogP contribution in [-0.4, -0.2) is 31.1 Å². The van der Waals surface area contributed by atoms with Crippen molar-refractivity contribution in [3.05, 3.63) is 73.9 Å². The molecule has 0 saturated heterocycles. The molecule has 31 heavy (non-hydrogen) atoms. The number of amides is 1. The summed E-state index contributed by atoms with van der Waals surface area (Å²) in [5.41, 5.74) is 1.35. The Kier molecular flexibility index (Phi) is 4.96. The predicted octanol–water partition coefficient (Wildman–Crippen LogP) is 1.92. The van der Waals surface area contributed by atoms with E-state index in [4.69, 9.17) is 0 Å². The van der Waals surface area contributed by atoms with Crippen LogP contribution in [0.25, 0.3) is 21.9 Å². The average molecular weight is 423 g/mol. The normalized spacial score (nSPS) is 12.4. The lowest BCUT2D eigenvalue weighted by Crippen LogP contribution is -2.36. The van der Waals surface area contributed by atoms with E-state index >= 15 is 0 Å². The summed E-state index contributed by atoms with van der Waals surface area (Å²) in [5, 5.41) is 3.76. The summed E-state index contributed by atoms with van der Waals surface area (Å²) < 4.78 is 16.9. The zero-order chi connectivity index (χ0) is 22.4. The highest BCUT2D eigenvalue weighted by atomic mass is 19.1. The molecule has 8 nitrogen and oxygen atoms in total. The second kappa shape index (κ2) is 7.50. The number of carbonyl (C=O) groups excluding carboxylic acids is 1. The number of carbonyl (C=O) groups is 1. The minimum Gasteiger partial charge on any atom is -0.350 e. The zero-order valence-electron chi connectivity index (χ0n) is 17.6. The van der Waals surface area contributed by atoms with Crippen molar-refractivity contribution < 1.29 is 9.18 Å². The third-order valence-corrected chi connectivity index (χ3v) is 5.38. The van der Waals surface area contributed by atoms with Crippen molar-refractivity contribution >= 4 is 27.8 Å². The lowest BCUT2D eigenvalue weighted by Gasteiger charge is -2.15. The van der Waals surface area contributed by atoms with Crippen molar-refractivity contribution in [2.75, 3.05) is 0 Å². The second-order valence-corrected chi connectivity index (χ2v) is 7.83. The highest BCUT2D eigenvalue weighted by Gasteiger charge is 2.20. The number of H-pyrrole nitrogens is 1. The molecule has 4 rings (SSSR count). The number of hydrogen-bond acceptors (Lipinski definition) is 4. The van der Waals surface area contributed by atoms with Gasteiger partial charge in [0, 0.05) is 42.9 Å². The maximum absolute atomic E-state index is 13.7. The molecule has 0 saturated carbocycles. The number of hydrogen-bond donors (Lipinski definition) is 2. The fourth-order valence-electron chi connectivity index (χ4n) is 3.93. The van der Waals surface area contributed by atoms with Gasteiger partial charge in [-0.15, -0.1) is 0 Å². The Balaban J connectivity index is 1.67. The molecule has 0 radical (unpaired) electrons. The molecule has 0 aliphatic heterocycles. The van der Waals surface area contributed by atoms with E-state index in [0.29, 0.717) is 12.1 Å². The number of aryl methyl sites for hydroxylation is 3. The Labute approximate surface area is 176 Å². The van der Waals surface area contributed by atoms with Gasteiger partial charge in [-0.05, 0) is 50.1 Å². The summed E-state index contributed by atoms with van der Waals surface area (Å²) >= 11 is 0. The number of aromatic amines is 1. The summed E-state index contributed by atoms with van der Waals surface area (Å²) in [6, 6.07) is 5.85. The van der Waals surface area contributed by atoms with Crippen LogP contribution in [-0.2, 0) is 20.5 Å². The van der Waals surface area contributed by atoms with Gasteiger partial charge < -0.3 is 9.88 Å². The fraction of sp³-hybridized carbons (Fsp3) is 0.273. The van der Waals surface area contributed by atoms with Crippen LogP contribution in [0.5, 0.6) is 0 Å². The van der Waals surface area contributed by atoms with E-state index in [1.54, 1.807) is 13.0 Å². The zero-order valence-corrected chi connectivity index (χ0v) is 17.6. The molecule has 1 aromatic carbocycles. The Bertz CT molecular complexity index is 1460. The number of rotatable bonds is 4. The van der Waals surface area contributed by atoms with Gasteiger partial charge in [0.05, 0.1) is 10.9 Å². The van der Waals surface area contributed by atoms with Crippen LogP contribution in [0.1, 0.15) is 28.5 Å². The Morgan fingerprint density at radius 3 is 2.74 bits per heavy atom. The van der Waals surface area contributed by atoms with E-state index in [1.807, 2.05) is 24.7 Å². The number of nitrogens with one attached hydrogen (secondary N) is 2. The lowest BCUT2D eigenvalue weighted by atomic mass is 10.0. The molecule has 0 fully saturated rings. The van der Waals surface area contributed by atoms with Gasteiger partial charge in [-0.2, -0.15) is 0 Å². The van der Waals surface area contributed by atoms with Gasteiger partial charge in [0.25, 0.3) is 11.5 Å². The molecule has 160 valence electrons. The molecule has 1 amide bonds. The van der Waals surface area contributed by atoms with E-state index in [2.05, 4.69) is 15.3 Å². The molecule has 0 spiro atoms. The first-order chi connectivity index (χ1) is 14.7. The summed E-state index contributed by atoms with van der Waals surface area (Å²) in [6.07, 6.45) is 2.39. The van der Waals surface area contributed by atoms with Crippen molar-refractivity contribution in [2.45, 2.75) is 26.3 Å². The number of pyridine rings is 1. The van der Waals surface area contributed by atoms with Gasteiger partial charge in [-0.3, -0.25) is 19.1 Å². The third kappa shape index (κ3) is 3.63. The first-order valence-electron chi connectivity index (χ1n) is 9.80. The minimum absolute atomic E-state index is 0.0598. The van der Waals surface area contributed by atoms with Gasteiger partial charge in [-0.1, -0.05) is 0 Å². The highest BCUT2D eigenvalue weighted by molar-refractivity contribution is 6.05. The van der Waals surface area contributed by atoms with Crippen LogP contribution in [0.4, 0.5) is 4.39 Å². The van der Waals surface area contributed by atoms with Gasteiger partial charge in [0.2, 0.25) is 0 Å². The van der Waals surface area contributed by atoms with Crippen LogP contribution in [0.15, 0.2) is 40.1 Å².